The van der Waals surface area contributed by atoms with Crippen LogP contribution in [0.4, 0.5) is 0 Å². The van der Waals surface area contributed by atoms with Gasteiger partial charge >= 0.3 is 0 Å². The Morgan fingerprint density at radius 2 is 1.69 bits per heavy atom. The molecule has 0 saturated carbocycles. The van der Waals surface area contributed by atoms with Crippen molar-refractivity contribution in [2.24, 2.45) is 10.9 Å². The average molecular weight is 514 g/mol. The smallest absolute Gasteiger partial charge is 0.191 e. The van der Waals surface area contributed by atoms with E-state index in [0.29, 0.717) is 0 Å². The zero-order valence-electron chi connectivity index (χ0n) is 18.3. The second kappa shape index (κ2) is 13.4. The third-order valence-electron chi connectivity index (χ3n) is 6.02. The first-order valence-corrected chi connectivity index (χ1v) is 11.3. The van der Waals surface area contributed by atoms with Crippen LogP contribution in [0.1, 0.15) is 50.7 Å². The fourth-order valence-electron chi connectivity index (χ4n) is 4.25. The standard InChI is InChI=1S/C23H39N5.HI/c1-3-24-23(26-17-22-12-15-27(4-2)19-22)25-16-20-8-10-21(11-9-20)18-28-13-6-5-7-14-28;/h8-11,22H,3-7,12-19H2,1-2H3,(H2,24,25,26);1H. The first kappa shape index (κ1) is 24.4. The van der Waals surface area contributed by atoms with E-state index in [1.165, 1.54) is 69.5 Å². The first-order valence-electron chi connectivity index (χ1n) is 11.3. The third-order valence-corrected chi connectivity index (χ3v) is 6.02. The Morgan fingerprint density at radius 1 is 0.966 bits per heavy atom. The predicted molar refractivity (Wildman–Crippen MR) is 134 cm³/mol. The maximum Gasteiger partial charge on any atom is 0.191 e. The molecule has 3 rings (SSSR count). The van der Waals surface area contributed by atoms with Crippen molar-refractivity contribution in [3.05, 3.63) is 35.4 Å². The maximum absolute atomic E-state index is 4.80. The Bertz CT molecular complexity index is 598. The zero-order valence-corrected chi connectivity index (χ0v) is 20.7. The number of rotatable bonds is 8. The molecule has 29 heavy (non-hydrogen) atoms. The number of nitrogens with zero attached hydrogens (tertiary/aromatic N) is 3. The molecule has 6 heteroatoms. The van der Waals surface area contributed by atoms with Gasteiger partial charge in [0.15, 0.2) is 5.96 Å². The van der Waals surface area contributed by atoms with E-state index in [0.717, 1.165) is 38.1 Å². The number of benzene rings is 1. The van der Waals surface area contributed by atoms with Gasteiger partial charge < -0.3 is 15.5 Å². The molecule has 2 fully saturated rings. The molecule has 1 atom stereocenters. The van der Waals surface area contributed by atoms with Crippen molar-refractivity contribution in [1.82, 2.24) is 20.4 Å². The van der Waals surface area contributed by atoms with Crippen molar-refractivity contribution < 1.29 is 0 Å². The normalized spacial score (nSPS) is 21.0. The van der Waals surface area contributed by atoms with Crippen molar-refractivity contribution in [2.75, 3.05) is 45.8 Å². The van der Waals surface area contributed by atoms with Crippen LogP contribution in [0, 0.1) is 5.92 Å². The summed E-state index contributed by atoms with van der Waals surface area (Å²) in [5.41, 5.74) is 2.69. The van der Waals surface area contributed by atoms with Gasteiger partial charge in [-0.3, -0.25) is 4.90 Å². The van der Waals surface area contributed by atoms with Gasteiger partial charge in [-0.15, -0.1) is 24.0 Å². The number of guanidine groups is 1. The lowest BCUT2D eigenvalue weighted by Gasteiger charge is -2.26. The van der Waals surface area contributed by atoms with E-state index in [1.807, 2.05) is 0 Å². The lowest BCUT2D eigenvalue weighted by molar-refractivity contribution is 0.221. The highest BCUT2D eigenvalue weighted by atomic mass is 127. The molecule has 5 nitrogen and oxygen atoms in total. The number of piperidine rings is 1. The van der Waals surface area contributed by atoms with Crippen LogP contribution in [-0.4, -0.2) is 61.6 Å². The Labute approximate surface area is 194 Å². The molecule has 2 saturated heterocycles. The molecule has 0 amide bonds. The van der Waals surface area contributed by atoms with Gasteiger partial charge in [-0.25, -0.2) is 4.99 Å². The summed E-state index contributed by atoms with van der Waals surface area (Å²) in [6.45, 7) is 14.2. The van der Waals surface area contributed by atoms with Crippen LogP contribution in [0.25, 0.3) is 0 Å². The summed E-state index contributed by atoms with van der Waals surface area (Å²) in [4.78, 5) is 9.91. The van der Waals surface area contributed by atoms with Gasteiger partial charge in [-0.1, -0.05) is 37.6 Å². The van der Waals surface area contributed by atoms with Crippen LogP contribution in [0.5, 0.6) is 0 Å². The van der Waals surface area contributed by atoms with Crippen molar-refractivity contribution >= 4 is 29.9 Å². The molecule has 0 aliphatic carbocycles. The molecule has 0 radical (unpaired) electrons. The summed E-state index contributed by atoms with van der Waals surface area (Å²) in [5.74, 6) is 1.67. The van der Waals surface area contributed by atoms with Gasteiger partial charge in [0, 0.05) is 26.2 Å². The quantitative estimate of drug-likeness (QED) is 0.316. The average Bonchev–Trinajstić information content (AvgIpc) is 3.20. The minimum absolute atomic E-state index is 0. The van der Waals surface area contributed by atoms with E-state index in [1.54, 1.807) is 0 Å². The SMILES string of the molecule is CCNC(=NCc1ccc(CN2CCCCC2)cc1)NCC1CCN(CC)C1.I. The lowest BCUT2D eigenvalue weighted by Crippen LogP contribution is -2.40. The first-order chi connectivity index (χ1) is 13.8. The molecule has 1 aromatic rings. The number of aliphatic imine (C=N–C) groups is 1. The lowest BCUT2D eigenvalue weighted by atomic mass is 10.1. The molecule has 1 aromatic carbocycles. The predicted octanol–water partition coefficient (Wildman–Crippen LogP) is 3.69. The Hall–Kier alpha value is -0.860. The summed E-state index contributed by atoms with van der Waals surface area (Å²) < 4.78 is 0. The van der Waals surface area contributed by atoms with E-state index in [9.17, 15) is 0 Å². The minimum Gasteiger partial charge on any atom is -0.357 e. The van der Waals surface area contributed by atoms with Crippen LogP contribution in [-0.2, 0) is 13.1 Å². The van der Waals surface area contributed by atoms with Crippen molar-refractivity contribution in [1.29, 1.82) is 0 Å². The van der Waals surface area contributed by atoms with Crippen LogP contribution < -0.4 is 10.6 Å². The number of hydrogen-bond acceptors (Lipinski definition) is 3. The second-order valence-corrected chi connectivity index (χ2v) is 8.28. The minimum atomic E-state index is 0. The van der Waals surface area contributed by atoms with Gasteiger partial charge in [0.1, 0.15) is 0 Å². The molecule has 0 aromatic heterocycles. The van der Waals surface area contributed by atoms with Gasteiger partial charge in [-0.2, -0.15) is 0 Å². The molecular formula is C23H40IN5. The number of likely N-dealkylation sites (tertiary alicyclic amines) is 2. The molecule has 2 heterocycles. The summed E-state index contributed by atoms with van der Waals surface area (Å²) >= 11 is 0. The van der Waals surface area contributed by atoms with E-state index in [4.69, 9.17) is 4.99 Å². The highest BCUT2D eigenvalue weighted by Gasteiger charge is 2.21. The second-order valence-electron chi connectivity index (χ2n) is 8.28. The van der Waals surface area contributed by atoms with Crippen LogP contribution >= 0.6 is 24.0 Å². The largest absolute Gasteiger partial charge is 0.357 e. The molecule has 0 spiro atoms. The Kier molecular flexibility index (Phi) is 11.3. The topological polar surface area (TPSA) is 42.9 Å². The van der Waals surface area contributed by atoms with Gasteiger partial charge in [0.25, 0.3) is 0 Å². The molecule has 1 unspecified atom stereocenters. The molecule has 2 N–H and O–H groups in total. The van der Waals surface area contributed by atoms with Crippen molar-refractivity contribution in [2.45, 2.75) is 52.6 Å². The maximum atomic E-state index is 4.80. The fraction of sp³-hybridized carbons (Fsp3) is 0.696. The Balaban J connectivity index is 0.00000300. The summed E-state index contributed by atoms with van der Waals surface area (Å²) in [6, 6.07) is 9.03. The summed E-state index contributed by atoms with van der Waals surface area (Å²) in [6.07, 6.45) is 5.39. The van der Waals surface area contributed by atoms with E-state index >= 15 is 0 Å². The molecule has 2 aliphatic heterocycles. The highest BCUT2D eigenvalue weighted by Crippen LogP contribution is 2.15. The van der Waals surface area contributed by atoms with Crippen LogP contribution in [0.3, 0.4) is 0 Å². The van der Waals surface area contributed by atoms with Gasteiger partial charge in [0.05, 0.1) is 6.54 Å². The van der Waals surface area contributed by atoms with Crippen LogP contribution in [0.2, 0.25) is 0 Å². The molecule has 164 valence electrons. The molecular weight excluding hydrogens is 473 g/mol. The van der Waals surface area contributed by atoms with E-state index in [-0.39, 0.29) is 24.0 Å². The molecule has 2 aliphatic rings. The van der Waals surface area contributed by atoms with Crippen molar-refractivity contribution in [3.63, 3.8) is 0 Å². The summed E-state index contributed by atoms with van der Waals surface area (Å²) in [7, 11) is 0. The van der Waals surface area contributed by atoms with E-state index < -0.39 is 0 Å². The summed E-state index contributed by atoms with van der Waals surface area (Å²) in [5, 5.41) is 6.93. The van der Waals surface area contributed by atoms with Gasteiger partial charge in [-0.05, 0) is 69.4 Å². The van der Waals surface area contributed by atoms with E-state index in [2.05, 4.69) is 58.5 Å². The van der Waals surface area contributed by atoms with Crippen LogP contribution in [0.15, 0.2) is 29.3 Å². The highest BCUT2D eigenvalue weighted by molar-refractivity contribution is 14.0. The third kappa shape index (κ3) is 8.42. The van der Waals surface area contributed by atoms with Gasteiger partial charge in [0.2, 0.25) is 0 Å². The Morgan fingerprint density at radius 3 is 2.34 bits per heavy atom. The monoisotopic (exact) mass is 513 g/mol. The number of nitrogens with one attached hydrogen (secondary N) is 2. The molecule has 0 bridgehead atoms. The fourth-order valence-corrected chi connectivity index (χ4v) is 4.25. The zero-order chi connectivity index (χ0) is 19.6. The number of hydrogen-bond donors (Lipinski definition) is 2. The number of halogens is 1. The van der Waals surface area contributed by atoms with Crippen molar-refractivity contribution in [3.8, 4) is 0 Å².